The molecule has 0 unspecified atom stereocenters. The molecule has 0 aliphatic heterocycles. The Bertz CT molecular complexity index is 974. The minimum absolute atomic E-state index is 0.311. The van der Waals surface area contributed by atoms with Crippen molar-refractivity contribution in [2.24, 2.45) is 5.73 Å². The molecule has 1 aromatic carbocycles. The van der Waals surface area contributed by atoms with Crippen molar-refractivity contribution in [3.8, 4) is 22.8 Å². The molecule has 3 heterocycles. The van der Waals surface area contributed by atoms with E-state index in [1.807, 2.05) is 24.3 Å². The lowest BCUT2D eigenvalue weighted by Crippen LogP contribution is -2.01. The van der Waals surface area contributed by atoms with Gasteiger partial charge in [-0.15, -0.1) is 5.10 Å². The van der Waals surface area contributed by atoms with Crippen molar-refractivity contribution in [1.82, 2.24) is 19.6 Å². The van der Waals surface area contributed by atoms with E-state index in [4.69, 9.17) is 15.9 Å². The molecule has 0 saturated heterocycles. The highest BCUT2D eigenvalue weighted by Gasteiger charge is 2.13. The first-order valence-electron chi connectivity index (χ1n) is 7.11. The van der Waals surface area contributed by atoms with Gasteiger partial charge in [0.2, 0.25) is 5.82 Å². The lowest BCUT2D eigenvalue weighted by molar-refractivity contribution is 0.577. The van der Waals surface area contributed by atoms with E-state index in [9.17, 15) is 0 Å². The number of hydrogen-bond donors (Lipinski definition) is 2. The number of furan rings is 1. The predicted octanol–water partition coefficient (Wildman–Crippen LogP) is 2.09. The van der Waals surface area contributed by atoms with Gasteiger partial charge < -0.3 is 15.9 Å². The van der Waals surface area contributed by atoms with Gasteiger partial charge in [0.05, 0.1) is 18.2 Å². The van der Waals surface area contributed by atoms with Crippen LogP contribution in [0.3, 0.4) is 0 Å². The van der Waals surface area contributed by atoms with Crippen molar-refractivity contribution in [2.45, 2.75) is 6.54 Å². The van der Waals surface area contributed by atoms with Crippen LogP contribution >= 0.6 is 0 Å². The Morgan fingerprint density at radius 2 is 2.04 bits per heavy atom. The van der Waals surface area contributed by atoms with Gasteiger partial charge in [0, 0.05) is 12.1 Å². The van der Waals surface area contributed by atoms with E-state index in [1.165, 1.54) is 0 Å². The first-order valence-corrected chi connectivity index (χ1v) is 7.11. The van der Waals surface area contributed by atoms with Crippen molar-refractivity contribution in [3.63, 3.8) is 0 Å². The standard InChI is InChI=1S/C16H14N6O/c17-8-10-3-1-4-11(7-10)12-9-22-16(14(18)19-12)20-15(21-22)13-5-2-6-23-13/h1-7,9H,8,17H2,(H2,18,19). The van der Waals surface area contributed by atoms with Crippen molar-refractivity contribution >= 4 is 11.5 Å². The second-order valence-corrected chi connectivity index (χ2v) is 5.10. The number of nitrogens with zero attached hydrogens (tertiary/aromatic N) is 4. The Balaban J connectivity index is 1.86. The summed E-state index contributed by atoms with van der Waals surface area (Å²) >= 11 is 0. The quantitative estimate of drug-likeness (QED) is 0.600. The maximum absolute atomic E-state index is 6.04. The van der Waals surface area contributed by atoms with Crippen molar-refractivity contribution in [1.29, 1.82) is 0 Å². The topological polar surface area (TPSA) is 108 Å². The van der Waals surface area contributed by atoms with Crippen molar-refractivity contribution < 1.29 is 4.42 Å². The van der Waals surface area contributed by atoms with Crippen LogP contribution in [0.5, 0.6) is 0 Å². The van der Waals surface area contributed by atoms with E-state index in [0.29, 0.717) is 35.3 Å². The van der Waals surface area contributed by atoms with E-state index in [-0.39, 0.29) is 0 Å². The Hall–Kier alpha value is -3.19. The minimum Gasteiger partial charge on any atom is -0.461 e. The molecule has 0 saturated carbocycles. The molecule has 0 aliphatic rings. The molecule has 0 bridgehead atoms. The first-order chi connectivity index (χ1) is 11.2. The van der Waals surface area contributed by atoms with Crippen LogP contribution in [-0.2, 0) is 6.54 Å². The molecule has 0 radical (unpaired) electrons. The Labute approximate surface area is 131 Å². The third kappa shape index (κ3) is 2.33. The van der Waals surface area contributed by atoms with Gasteiger partial charge in [0.1, 0.15) is 0 Å². The van der Waals surface area contributed by atoms with Crippen LogP contribution in [0.25, 0.3) is 28.5 Å². The summed E-state index contributed by atoms with van der Waals surface area (Å²) in [6, 6.07) is 11.4. The normalized spacial score (nSPS) is 11.2. The highest BCUT2D eigenvalue weighted by molar-refractivity contribution is 5.69. The Morgan fingerprint density at radius 3 is 2.83 bits per heavy atom. The maximum Gasteiger partial charge on any atom is 0.218 e. The second kappa shape index (κ2) is 5.22. The number of rotatable bonds is 3. The van der Waals surface area contributed by atoms with Crippen molar-refractivity contribution in [2.75, 3.05) is 5.73 Å². The van der Waals surface area contributed by atoms with Gasteiger partial charge in [-0.3, -0.25) is 0 Å². The number of fused-ring (bicyclic) bond motifs is 1. The molecule has 0 aliphatic carbocycles. The summed E-state index contributed by atoms with van der Waals surface area (Å²) < 4.78 is 6.94. The Morgan fingerprint density at radius 1 is 1.13 bits per heavy atom. The summed E-state index contributed by atoms with van der Waals surface area (Å²) in [6.07, 6.45) is 3.37. The first kappa shape index (κ1) is 13.5. The predicted molar refractivity (Wildman–Crippen MR) is 86.2 cm³/mol. The minimum atomic E-state index is 0.311. The molecule has 7 nitrogen and oxygen atoms in total. The summed E-state index contributed by atoms with van der Waals surface area (Å²) in [6.45, 7) is 0.470. The zero-order valence-corrected chi connectivity index (χ0v) is 12.2. The lowest BCUT2D eigenvalue weighted by Gasteiger charge is -2.05. The van der Waals surface area contributed by atoms with Crippen LogP contribution in [-0.4, -0.2) is 19.6 Å². The average Bonchev–Trinajstić information content (AvgIpc) is 3.24. The van der Waals surface area contributed by atoms with E-state index < -0.39 is 0 Å². The van der Waals surface area contributed by atoms with E-state index in [2.05, 4.69) is 15.1 Å². The fourth-order valence-electron chi connectivity index (χ4n) is 2.42. The van der Waals surface area contributed by atoms with Gasteiger partial charge in [-0.05, 0) is 23.8 Å². The summed E-state index contributed by atoms with van der Waals surface area (Å²) in [5.74, 6) is 1.36. The number of anilines is 1. The molecule has 23 heavy (non-hydrogen) atoms. The molecule has 0 amide bonds. The van der Waals surface area contributed by atoms with Crippen LogP contribution < -0.4 is 11.5 Å². The molecule has 4 aromatic rings. The summed E-state index contributed by atoms with van der Waals surface area (Å²) in [5.41, 5.74) is 14.9. The number of aromatic nitrogens is 4. The summed E-state index contributed by atoms with van der Waals surface area (Å²) in [5, 5.41) is 4.41. The molecular weight excluding hydrogens is 292 g/mol. The number of benzene rings is 1. The zero-order chi connectivity index (χ0) is 15.8. The Kier molecular flexibility index (Phi) is 3.06. The molecule has 114 valence electrons. The molecule has 4 N–H and O–H groups in total. The third-order valence-electron chi connectivity index (χ3n) is 3.55. The highest BCUT2D eigenvalue weighted by atomic mass is 16.3. The zero-order valence-electron chi connectivity index (χ0n) is 12.2. The van der Waals surface area contributed by atoms with Gasteiger partial charge >= 0.3 is 0 Å². The molecular formula is C16H14N6O. The van der Waals surface area contributed by atoms with Gasteiger partial charge in [0.15, 0.2) is 17.2 Å². The van der Waals surface area contributed by atoms with Crippen LogP contribution in [0.2, 0.25) is 0 Å². The molecule has 0 fully saturated rings. The van der Waals surface area contributed by atoms with Gasteiger partial charge in [-0.2, -0.15) is 0 Å². The van der Waals surface area contributed by atoms with E-state index >= 15 is 0 Å². The number of nitrogen functional groups attached to an aromatic ring is 1. The monoisotopic (exact) mass is 306 g/mol. The highest BCUT2D eigenvalue weighted by Crippen LogP contribution is 2.23. The van der Waals surface area contributed by atoms with E-state index in [1.54, 1.807) is 29.1 Å². The fraction of sp³-hybridized carbons (Fsp3) is 0.0625. The van der Waals surface area contributed by atoms with E-state index in [0.717, 1.165) is 11.1 Å². The van der Waals surface area contributed by atoms with Crippen LogP contribution in [0, 0.1) is 0 Å². The SMILES string of the molecule is NCc1cccc(-c2cn3nc(-c4ccco4)nc3c(N)n2)c1. The number of nitrogens with two attached hydrogens (primary N) is 2. The molecule has 7 heteroatoms. The lowest BCUT2D eigenvalue weighted by atomic mass is 10.1. The average molecular weight is 306 g/mol. The summed E-state index contributed by atoms with van der Waals surface area (Å²) in [7, 11) is 0. The number of hydrogen-bond acceptors (Lipinski definition) is 6. The summed E-state index contributed by atoms with van der Waals surface area (Å²) in [4.78, 5) is 8.80. The van der Waals surface area contributed by atoms with Gasteiger partial charge in [-0.25, -0.2) is 14.5 Å². The largest absolute Gasteiger partial charge is 0.461 e. The van der Waals surface area contributed by atoms with Crippen LogP contribution in [0.1, 0.15) is 5.56 Å². The molecule has 0 atom stereocenters. The molecule has 3 aromatic heterocycles. The molecule has 4 rings (SSSR count). The van der Waals surface area contributed by atoms with Crippen LogP contribution in [0.4, 0.5) is 5.82 Å². The fourth-order valence-corrected chi connectivity index (χ4v) is 2.42. The van der Waals surface area contributed by atoms with Gasteiger partial charge in [-0.1, -0.05) is 18.2 Å². The van der Waals surface area contributed by atoms with Gasteiger partial charge in [0.25, 0.3) is 0 Å². The van der Waals surface area contributed by atoms with Crippen molar-refractivity contribution in [3.05, 3.63) is 54.4 Å². The van der Waals surface area contributed by atoms with Crippen LogP contribution in [0.15, 0.2) is 53.3 Å². The molecule has 0 spiro atoms. The smallest absolute Gasteiger partial charge is 0.218 e. The second-order valence-electron chi connectivity index (χ2n) is 5.10. The maximum atomic E-state index is 6.04. The third-order valence-corrected chi connectivity index (χ3v) is 3.55.